The first-order chi connectivity index (χ1) is 13.7. The van der Waals surface area contributed by atoms with Gasteiger partial charge in [-0.25, -0.2) is 15.0 Å². The van der Waals surface area contributed by atoms with Gasteiger partial charge in [0.2, 0.25) is 0 Å². The van der Waals surface area contributed by atoms with Crippen molar-refractivity contribution in [1.82, 2.24) is 15.0 Å². The molecule has 4 aromatic rings. The second kappa shape index (κ2) is 7.67. The molecule has 0 aliphatic rings. The minimum absolute atomic E-state index is 0.234. The van der Waals surface area contributed by atoms with Crippen LogP contribution in [0.5, 0.6) is 0 Å². The molecule has 2 heterocycles. The second-order valence-corrected chi connectivity index (χ2v) is 9.48. The summed E-state index contributed by atoms with van der Waals surface area (Å²) >= 11 is 16.3. The second-order valence-electron chi connectivity index (χ2n) is 7.83. The number of fused-ring (bicyclic) bond motifs is 1. The predicted octanol–water partition coefficient (Wildman–Crippen LogP) is 7.73. The molecule has 0 saturated carbocycles. The Kier molecular flexibility index (Phi) is 5.36. The predicted molar refractivity (Wildman–Crippen MR) is 125 cm³/mol. The molecule has 0 amide bonds. The zero-order valence-electron chi connectivity index (χ0n) is 16.2. The number of hydrogen-bond acceptors (Lipinski definition) is 3. The lowest BCUT2D eigenvalue weighted by molar-refractivity contribution is 0.548. The quantitative estimate of drug-likeness (QED) is 0.272. The molecular weight excluding hydrogens is 469 g/mol. The first-order valence-electron chi connectivity index (χ1n) is 9.13. The topological polar surface area (TPSA) is 38.7 Å². The summed E-state index contributed by atoms with van der Waals surface area (Å²) < 4.78 is 0.957. The molecule has 0 saturated heterocycles. The number of aromatic nitrogens is 3. The van der Waals surface area contributed by atoms with Crippen LogP contribution in [0.25, 0.3) is 33.4 Å². The fraction of sp³-hybridized carbons (Fsp3) is 0.174. The van der Waals surface area contributed by atoms with Gasteiger partial charge in [0.05, 0.1) is 11.1 Å². The van der Waals surface area contributed by atoms with E-state index in [1.54, 1.807) is 0 Å². The van der Waals surface area contributed by atoms with Crippen LogP contribution in [0, 0.1) is 0 Å². The summed E-state index contributed by atoms with van der Waals surface area (Å²) in [5.41, 5.74) is 4.08. The number of pyridine rings is 1. The van der Waals surface area contributed by atoms with E-state index in [1.807, 2.05) is 54.6 Å². The van der Waals surface area contributed by atoms with Crippen LogP contribution in [-0.2, 0) is 5.41 Å². The summed E-state index contributed by atoms with van der Waals surface area (Å²) in [6.45, 7) is 6.17. The number of halogens is 3. The lowest BCUT2D eigenvalue weighted by atomic mass is 9.95. The van der Waals surface area contributed by atoms with Crippen LogP contribution in [0.4, 0.5) is 0 Å². The third-order valence-electron chi connectivity index (χ3n) is 4.60. The van der Waals surface area contributed by atoms with Gasteiger partial charge in [0.25, 0.3) is 0 Å². The zero-order chi connectivity index (χ0) is 20.8. The molecular formula is C23H18BrCl2N3. The van der Waals surface area contributed by atoms with Gasteiger partial charge in [0.1, 0.15) is 11.0 Å². The lowest BCUT2D eigenvalue weighted by Gasteiger charge is -2.18. The Hall–Kier alpha value is -2.01. The van der Waals surface area contributed by atoms with Gasteiger partial charge in [-0.15, -0.1) is 0 Å². The van der Waals surface area contributed by atoms with Gasteiger partial charge in [-0.1, -0.05) is 90.2 Å². The highest BCUT2D eigenvalue weighted by Crippen LogP contribution is 2.38. The lowest BCUT2D eigenvalue weighted by Crippen LogP contribution is -2.16. The van der Waals surface area contributed by atoms with Crippen LogP contribution in [0.1, 0.15) is 26.6 Å². The molecule has 0 fully saturated rings. The molecule has 0 atom stereocenters. The Balaban J connectivity index is 2.07. The molecule has 0 bridgehead atoms. The first kappa shape index (κ1) is 20.3. The Bertz CT molecular complexity index is 1220. The Morgan fingerprint density at radius 2 is 1.52 bits per heavy atom. The molecule has 0 unspecified atom stereocenters. The SMILES string of the molecule is CC(C)(C)c1nc(Cl)c2cc(-c3ccc(Cl)cc3)c(-c3ccccc3Br)nc2n1. The van der Waals surface area contributed by atoms with E-state index in [1.165, 1.54) is 0 Å². The smallest absolute Gasteiger partial charge is 0.165 e. The number of benzene rings is 2. The van der Waals surface area contributed by atoms with Crippen LogP contribution in [0.3, 0.4) is 0 Å². The highest BCUT2D eigenvalue weighted by Gasteiger charge is 2.22. The summed E-state index contributed by atoms with van der Waals surface area (Å²) in [5.74, 6) is 0.667. The molecule has 2 aromatic carbocycles. The molecule has 146 valence electrons. The normalized spacial score (nSPS) is 11.8. The zero-order valence-corrected chi connectivity index (χ0v) is 19.3. The van der Waals surface area contributed by atoms with E-state index in [-0.39, 0.29) is 5.41 Å². The number of hydrogen-bond donors (Lipinski definition) is 0. The van der Waals surface area contributed by atoms with Crippen LogP contribution >= 0.6 is 39.1 Å². The maximum Gasteiger partial charge on any atom is 0.165 e. The fourth-order valence-corrected chi connectivity index (χ4v) is 3.88. The van der Waals surface area contributed by atoms with Gasteiger partial charge in [-0.05, 0) is 29.8 Å². The van der Waals surface area contributed by atoms with Crippen LogP contribution in [0.2, 0.25) is 10.2 Å². The molecule has 0 aliphatic heterocycles. The van der Waals surface area contributed by atoms with E-state index in [2.05, 4.69) is 41.7 Å². The summed E-state index contributed by atoms with van der Waals surface area (Å²) in [6.07, 6.45) is 0. The number of nitrogens with zero attached hydrogens (tertiary/aromatic N) is 3. The van der Waals surface area contributed by atoms with Gasteiger partial charge >= 0.3 is 0 Å². The third kappa shape index (κ3) is 4.02. The van der Waals surface area contributed by atoms with Crippen LogP contribution in [0.15, 0.2) is 59.1 Å². The monoisotopic (exact) mass is 485 g/mol. The van der Waals surface area contributed by atoms with E-state index in [0.29, 0.717) is 21.6 Å². The van der Waals surface area contributed by atoms with Gasteiger partial charge in [-0.3, -0.25) is 0 Å². The Morgan fingerprint density at radius 1 is 0.828 bits per heavy atom. The minimum Gasteiger partial charge on any atom is -0.227 e. The highest BCUT2D eigenvalue weighted by atomic mass is 79.9. The van der Waals surface area contributed by atoms with Gasteiger partial charge in [-0.2, -0.15) is 0 Å². The van der Waals surface area contributed by atoms with Crippen molar-refractivity contribution in [3.05, 3.63) is 75.1 Å². The van der Waals surface area contributed by atoms with E-state index < -0.39 is 0 Å². The fourth-order valence-electron chi connectivity index (χ4n) is 3.06. The number of rotatable bonds is 2. The molecule has 0 N–H and O–H groups in total. The van der Waals surface area contributed by atoms with Crippen molar-refractivity contribution in [2.75, 3.05) is 0 Å². The largest absolute Gasteiger partial charge is 0.227 e. The summed E-state index contributed by atoms with van der Waals surface area (Å²) in [5, 5.41) is 1.81. The third-order valence-corrected chi connectivity index (χ3v) is 5.83. The van der Waals surface area contributed by atoms with Crippen molar-refractivity contribution < 1.29 is 0 Å². The van der Waals surface area contributed by atoms with E-state index in [4.69, 9.17) is 33.2 Å². The molecule has 29 heavy (non-hydrogen) atoms. The molecule has 2 aromatic heterocycles. The van der Waals surface area contributed by atoms with Crippen LogP contribution in [-0.4, -0.2) is 15.0 Å². The molecule has 0 radical (unpaired) electrons. The van der Waals surface area contributed by atoms with Crippen molar-refractivity contribution in [1.29, 1.82) is 0 Å². The summed E-state index contributed by atoms with van der Waals surface area (Å²) in [6, 6.07) is 17.7. The standard InChI is InChI=1S/C23H18BrCl2N3/c1-23(2,3)22-28-20(26)17-12-16(13-8-10-14(25)11-9-13)19(27-21(17)29-22)15-6-4-5-7-18(15)24/h4-12H,1-3H3. The van der Waals surface area contributed by atoms with Crippen molar-refractivity contribution in [2.24, 2.45) is 0 Å². The van der Waals surface area contributed by atoms with Crippen LogP contribution < -0.4 is 0 Å². The Morgan fingerprint density at radius 3 is 2.17 bits per heavy atom. The molecule has 6 heteroatoms. The van der Waals surface area contributed by atoms with Crippen molar-refractivity contribution in [3.63, 3.8) is 0 Å². The average Bonchev–Trinajstić information content (AvgIpc) is 2.67. The molecule has 0 aliphatic carbocycles. The first-order valence-corrected chi connectivity index (χ1v) is 10.7. The average molecular weight is 487 g/mol. The van der Waals surface area contributed by atoms with E-state index in [9.17, 15) is 0 Å². The van der Waals surface area contributed by atoms with Gasteiger partial charge in [0.15, 0.2) is 5.65 Å². The summed E-state index contributed by atoms with van der Waals surface area (Å²) in [7, 11) is 0. The van der Waals surface area contributed by atoms with Crippen molar-refractivity contribution in [2.45, 2.75) is 26.2 Å². The Labute approximate surface area is 188 Å². The molecule has 4 rings (SSSR count). The molecule has 3 nitrogen and oxygen atoms in total. The highest BCUT2D eigenvalue weighted by molar-refractivity contribution is 9.10. The van der Waals surface area contributed by atoms with Crippen molar-refractivity contribution >= 4 is 50.2 Å². The van der Waals surface area contributed by atoms with E-state index in [0.717, 1.165) is 32.2 Å². The maximum atomic E-state index is 6.56. The van der Waals surface area contributed by atoms with Crippen molar-refractivity contribution in [3.8, 4) is 22.4 Å². The van der Waals surface area contributed by atoms with E-state index >= 15 is 0 Å². The minimum atomic E-state index is -0.234. The van der Waals surface area contributed by atoms with Gasteiger partial charge in [0, 0.05) is 26.0 Å². The maximum absolute atomic E-state index is 6.56. The molecule has 0 spiro atoms. The summed E-state index contributed by atoms with van der Waals surface area (Å²) in [4.78, 5) is 14.2. The van der Waals surface area contributed by atoms with Gasteiger partial charge < -0.3 is 0 Å².